The van der Waals surface area contributed by atoms with E-state index in [-0.39, 0.29) is 29.8 Å². The molecule has 0 unspecified atom stereocenters. The molecule has 1 aliphatic heterocycles. The molecule has 0 aromatic heterocycles. The highest BCUT2D eigenvalue weighted by Crippen LogP contribution is 2.31. The quantitative estimate of drug-likeness (QED) is 0.468. The molecular weight excluding hydrogens is 514 g/mol. The SMILES string of the molecule is Cc1cccc(C(=O)Nc2cc(C(=O)NC3CCC(N)CC3)ccc2N2CCCN(C(=O)C3CCCCC3)CC2)c1. The summed E-state index contributed by atoms with van der Waals surface area (Å²) < 4.78 is 0. The summed E-state index contributed by atoms with van der Waals surface area (Å²) in [5.41, 5.74) is 9.63. The van der Waals surface area contributed by atoms with Gasteiger partial charge in [0, 0.05) is 55.3 Å². The monoisotopic (exact) mass is 559 g/mol. The minimum absolute atomic E-state index is 0.116. The van der Waals surface area contributed by atoms with Crippen LogP contribution in [0.25, 0.3) is 0 Å². The van der Waals surface area contributed by atoms with Gasteiger partial charge in [-0.25, -0.2) is 0 Å². The molecule has 0 radical (unpaired) electrons. The Hall–Kier alpha value is -3.39. The van der Waals surface area contributed by atoms with Gasteiger partial charge in [0.1, 0.15) is 0 Å². The van der Waals surface area contributed by atoms with Gasteiger partial charge < -0.3 is 26.2 Å². The minimum Gasteiger partial charge on any atom is -0.368 e. The van der Waals surface area contributed by atoms with Crippen molar-refractivity contribution < 1.29 is 14.4 Å². The smallest absolute Gasteiger partial charge is 0.255 e. The topological polar surface area (TPSA) is 108 Å². The number of amides is 3. The normalized spacial score (nSPS) is 22.1. The zero-order chi connectivity index (χ0) is 28.8. The predicted octanol–water partition coefficient (Wildman–Crippen LogP) is 4.87. The number of aryl methyl sites for hydroxylation is 1. The van der Waals surface area contributed by atoms with Crippen LogP contribution in [0.5, 0.6) is 0 Å². The summed E-state index contributed by atoms with van der Waals surface area (Å²) in [5.74, 6) is 0.119. The van der Waals surface area contributed by atoms with Crippen molar-refractivity contribution in [3.63, 3.8) is 0 Å². The van der Waals surface area contributed by atoms with Crippen LogP contribution >= 0.6 is 0 Å². The molecular formula is C33H45N5O3. The van der Waals surface area contributed by atoms with Gasteiger partial charge in [0.05, 0.1) is 11.4 Å². The van der Waals surface area contributed by atoms with E-state index in [1.807, 2.05) is 42.2 Å². The van der Waals surface area contributed by atoms with Crippen molar-refractivity contribution in [1.82, 2.24) is 10.2 Å². The molecule has 4 N–H and O–H groups in total. The fourth-order valence-corrected chi connectivity index (χ4v) is 6.55. The van der Waals surface area contributed by atoms with E-state index in [0.29, 0.717) is 35.8 Å². The van der Waals surface area contributed by atoms with Gasteiger partial charge in [-0.05, 0) is 82.2 Å². The molecule has 2 saturated carbocycles. The number of nitrogens with one attached hydrogen (secondary N) is 2. The number of nitrogens with zero attached hydrogens (tertiary/aromatic N) is 2. The highest BCUT2D eigenvalue weighted by atomic mass is 16.2. The van der Waals surface area contributed by atoms with Gasteiger partial charge in [-0.15, -0.1) is 0 Å². The second kappa shape index (κ2) is 13.5. The number of anilines is 2. The molecule has 1 heterocycles. The maximum absolute atomic E-state index is 13.3. The van der Waals surface area contributed by atoms with E-state index < -0.39 is 0 Å². The molecule has 41 heavy (non-hydrogen) atoms. The summed E-state index contributed by atoms with van der Waals surface area (Å²) in [5, 5.41) is 6.27. The van der Waals surface area contributed by atoms with Crippen LogP contribution in [0.3, 0.4) is 0 Å². The van der Waals surface area contributed by atoms with E-state index in [9.17, 15) is 14.4 Å². The van der Waals surface area contributed by atoms with Crippen LogP contribution in [0, 0.1) is 12.8 Å². The lowest BCUT2D eigenvalue weighted by Crippen LogP contribution is -2.40. The maximum Gasteiger partial charge on any atom is 0.255 e. The van der Waals surface area contributed by atoms with Crippen LogP contribution in [0.15, 0.2) is 42.5 Å². The lowest BCUT2D eigenvalue weighted by Gasteiger charge is -2.29. The number of hydrogen-bond donors (Lipinski definition) is 3. The zero-order valence-electron chi connectivity index (χ0n) is 24.4. The van der Waals surface area contributed by atoms with Gasteiger partial charge in [-0.3, -0.25) is 14.4 Å². The molecule has 0 atom stereocenters. The summed E-state index contributed by atoms with van der Waals surface area (Å²) in [6, 6.07) is 13.4. The molecule has 1 saturated heterocycles. The molecule has 2 aromatic rings. The van der Waals surface area contributed by atoms with Crippen LogP contribution < -0.4 is 21.3 Å². The number of benzene rings is 2. The van der Waals surface area contributed by atoms with E-state index in [0.717, 1.165) is 82.1 Å². The fraction of sp³-hybridized carbons (Fsp3) is 0.545. The molecule has 3 fully saturated rings. The van der Waals surface area contributed by atoms with E-state index in [1.54, 1.807) is 12.1 Å². The van der Waals surface area contributed by atoms with Crippen LogP contribution in [0.1, 0.15) is 90.5 Å². The van der Waals surface area contributed by atoms with E-state index in [2.05, 4.69) is 15.5 Å². The van der Waals surface area contributed by atoms with Gasteiger partial charge in [0.15, 0.2) is 0 Å². The van der Waals surface area contributed by atoms with Crippen molar-refractivity contribution in [2.24, 2.45) is 11.7 Å². The summed E-state index contributed by atoms with van der Waals surface area (Å²) in [6.45, 7) is 4.83. The average Bonchev–Trinajstić information content (AvgIpc) is 3.25. The predicted molar refractivity (Wildman–Crippen MR) is 163 cm³/mol. The van der Waals surface area contributed by atoms with Crippen molar-refractivity contribution in [3.8, 4) is 0 Å². The standard InChI is InChI=1S/C33H45N5O3/c1-23-7-5-10-25(21-23)32(40)36-29-22-26(31(39)35-28-14-12-27(34)13-15-28)11-16-30(29)37-17-6-18-38(20-19-37)33(41)24-8-3-2-4-9-24/h5,7,10-11,16,21-22,24,27-28H,2-4,6,8-9,12-15,17-20,34H2,1H3,(H,35,39)(H,36,40). The highest BCUT2D eigenvalue weighted by Gasteiger charge is 2.28. The Morgan fingerprint density at radius 3 is 2.29 bits per heavy atom. The fourth-order valence-electron chi connectivity index (χ4n) is 6.55. The first kappa shape index (κ1) is 29.1. The Kier molecular flexibility index (Phi) is 9.60. The summed E-state index contributed by atoms with van der Waals surface area (Å²) >= 11 is 0. The van der Waals surface area contributed by atoms with Crippen LogP contribution in [0.2, 0.25) is 0 Å². The van der Waals surface area contributed by atoms with Crippen molar-refractivity contribution in [3.05, 3.63) is 59.2 Å². The molecule has 220 valence electrons. The average molecular weight is 560 g/mol. The molecule has 2 aromatic carbocycles. The molecule has 3 aliphatic rings. The first-order valence-corrected chi connectivity index (χ1v) is 15.5. The van der Waals surface area contributed by atoms with Crippen molar-refractivity contribution in [2.45, 2.75) is 83.2 Å². The number of carbonyl (C=O) groups is 3. The van der Waals surface area contributed by atoms with Gasteiger partial charge >= 0.3 is 0 Å². The molecule has 8 heteroatoms. The first-order valence-electron chi connectivity index (χ1n) is 15.5. The Labute approximate surface area is 244 Å². The molecule has 8 nitrogen and oxygen atoms in total. The third kappa shape index (κ3) is 7.47. The minimum atomic E-state index is -0.210. The number of nitrogens with two attached hydrogens (primary N) is 1. The van der Waals surface area contributed by atoms with E-state index in [4.69, 9.17) is 5.73 Å². The molecule has 0 spiro atoms. The van der Waals surface area contributed by atoms with Gasteiger partial charge in [-0.2, -0.15) is 0 Å². The van der Waals surface area contributed by atoms with E-state index >= 15 is 0 Å². The lowest BCUT2D eigenvalue weighted by atomic mass is 9.88. The summed E-state index contributed by atoms with van der Waals surface area (Å²) in [7, 11) is 0. The Morgan fingerprint density at radius 1 is 0.780 bits per heavy atom. The van der Waals surface area contributed by atoms with Gasteiger partial charge in [-0.1, -0.05) is 37.0 Å². The Bertz CT molecular complexity index is 1230. The van der Waals surface area contributed by atoms with Crippen LogP contribution in [-0.2, 0) is 4.79 Å². The molecule has 3 amide bonds. The van der Waals surface area contributed by atoms with Gasteiger partial charge in [0.25, 0.3) is 11.8 Å². The Morgan fingerprint density at radius 2 is 1.54 bits per heavy atom. The number of carbonyl (C=O) groups excluding carboxylic acids is 3. The number of hydrogen-bond acceptors (Lipinski definition) is 5. The van der Waals surface area contributed by atoms with Crippen molar-refractivity contribution in [1.29, 1.82) is 0 Å². The molecule has 5 rings (SSSR count). The number of rotatable bonds is 6. The Balaban J connectivity index is 1.34. The second-order valence-corrected chi connectivity index (χ2v) is 12.1. The zero-order valence-corrected chi connectivity index (χ0v) is 24.4. The maximum atomic E-state index is 13.3. The molecule has 2 aliphatic carbocycles. The van der Waals surface area contributed by atoms with Crippen LogP contribution in [0.4, 0.5) is 11.4 Å². The first-order chi connectivity index (χ1) is 19.9. The lowest BCUT2D eigenvalue weighted by molar-refractivity contribution is -0.136. The largest absolute Gasteiger partial charge is 0.368 e. The van der Waals surface area contributed by atoms with E-state index in [1.165, 1.54) is 6.42 Å². The highest BCUT2D eigenvalue weighted by molar-refractivity contribution is 6.07. The van der Waals surface area contributed by atoms with Crippen molar-refractivity contribution >= 4 is 29.1 Å². The second-order valence-electron chi connectivity index (χ2n) is 12.1. The summed E-state index contributed by atoms with van der Waals surface area (Å²) in [6.07, 6.45) is 9.98. The van der Waals surface area contributed by atoms with Crippen molar-refractivity contribution in [2.75, 3.05) is 36.4 Å². The van der Waals surface area contributed by atoms with Crippen LogP contribution in [-0.4, -0.2) is 60.9 Å². The summed E-state index contributed by atoms with van der Waals surface area (Å²) in [4.78, 5) is 44.1. The third-order valence-electron chi connectivity index (χ3n) is 9.00. The molecule has 0 bridgehead atoms. The third-order valence-corrected chi connectivity index (χ3v) is 9.00. The van der Waals surface area contributed by atoms with Gasteiger partial charge in [0.2, 0.25) is 5.91 Å².